The third kappa shape index (κ3) is 4.34. The van der Waals surface area contributed by atoms with Gasteiger partial charge in [-0.3, -0.25) is 4.79 Å². The molecule has 0 heterocycles. The van der Waals surface area contributed by atoms with E-state index in [1.807, 2.05) is 13.8 Å². The molecule has 0 aromatic rings. The van der Waals surface area contributed by atoms with Crippen LogP contribution in [0.5, 0.6) is 0 Å². The van der Waals surface area contributed by atoms with Crippen LogP contribution < -0.4 is 11.1 Å². The molecule has 0 aliphatic heterocycles. The highest BCUT2D eigenvalue weighted by Gasteiger charge is 2.12. The smallest absolute Gasteiger partial charge is 0.223 e. The fourth-order valence-electron chi connectivity index (χ4n) is 1.01. The normalized spacial score (nSPS) is 15.3. The number of hydrogen-bond donors (Lipinski definition) is 2. The van der Waals surface area contributed by atoms with Gasteiger partial charge in [-0.1, -0.05) is 20.3 Å². The van der Waals surface area contributed by atoms with Crippen molar-refractivity contribution in [2.24, 2.45) is 11.7 Å². The summed E-state index contributed by atoms with van der Waals surface area (Å²) in [7, 11) is 0. The SMILES string of the molecule is CCCC(C)C(=O)NC(C)CN. The number of carbonyl (C=O) groups excluding carboxylic acids is 1. The minimum Gasteiger partial charge on any atom is -0.352 e. The van der Waals surface area contributed by atoms with Crippen molar-refractivity contribution in [3.63, 3.8) is 0 Å². The summed E-state index contributed by atoms with van der Waals surface area (Å²) < 4.78 is 0. The van der Waals surface area contributed by atoms with Crippen LogP contribution in [-0.4, -0.2) is 18.5 Å². The number of nitrogens with two attached hydrogens (primary N) is 1. The van der Waals surface area contributed by atoms with E-state index in [1.165, 1.54) is 0 Å². The molecule has 0 saturated carbocycles. The van der Waals surface area contributed by atoms with E-state index in [2.05, 4.69) is 12.2 Å². The van der Waals surface area contributed by atoms with Crippen molar-refractivity contribution in [2.45, 2.75) is 39.7 Å². The van der Waals surface area contributed by atoms with Crippen molar-refractivity contribution in [3.05, 3.63) is 0 Å². The molecule has 72 valence electrons. The van der Waals surface area contributed by atoms with Gasteiger partial charge in [0.2, 0.25) is 5.91 Å². The summed E-state index contributed by atoms with van der Waals surface area (Å²) in [5.41, 5.74) is 5.38. The molecule has 3 nitrogen and oxygen atoms in total. The van der Waals surface area contributed by atoms with Crippen LogP contribution in [0, 0.1) is 5.92 Å². The highest BCUT2D eigenvalue weighted by Crippen LogP contribution is 2.04. The Balaban J connectivity index is 3.70. The topological polar surface area (TPSA) is 55.1 Å². The first-order valence-electron chi connectivity index (χ1n) is 4.62. The quantitative estimate of drug-likeness (QED) is 0.647. The Kier molecular flexibility index (Phi) is 5.72. The van der Waals surface area contributed by atoms with Crippen LogP contribution in [-0.2, 0) is 4.79 Å². The lowest BCUT2D eigenvalue weighted by Crippen LogP contribution is -2.40. The molecule has 0 bridgehead atoms. The predicted molar refractivity (Wildman–Crippen MR) is 50.7 cm³/mol. The molecule has 1 amide bonds. The van der Waals surface area contributed by atoms with E-state index >= 15 is 0 Å². The van der Waals surface area contributed by atoms with Crippen molar-refractivity contribution in [2.75, 3.05) is 6.54 Å². The Bertz CT molecular complexity index is 136. The summed E-state index contributed by atoms with van der Waals surface area (Å²) in [6.45, 7) is 6.44. The van der Waals surface area contributed by atoms with E-state index in [1.54, 1.807) is 0 Å². The van der Waals surface area contributed by atoms with Gasteiger partial charge in [0.05, 0.1) is 0 Å². The van der Waals surface area contributed by atoms with Gasteiger partial charge in [0, 0.05) is 18.5 Å². The lowest BCUT2D eigenvalue weighted by molar-refractivity contribution is -0.125. The molecule has 0 spiro atoms. The molecule has 3 heteroatoms. The van der Waals surface area contributed by atoms with E-state index in [-0.39, 0.29) is 17.9 Å². The first kappa shape index (κ1) is 11.4. The lowest BCUT2D eigenvalue weighted by atomic mass is 10.1. The molecule has 3 N–H and O–H groups in total. The average Bonchev–Trinajstić information content (AvgIpc) is 2.04. The van der Waals surface area contributed by atoms with Crippen molar-refractivity contribution < 1.29 is 4.79 Å². The van der Waals surface area contributed by atoms with Crippen LogP contribution in [0.2, 0.25) is 0 Å². The molecule has 0 aliphatic carbocycles. The lowest BCUT2D eigenvalue weighted by Gasteiger charge is -2.15. The summed E-state index contributed by atoms with van der Waals surface area (Å²) in [6.07, 6.45) is 1.99. The van der Waals surface area contributed by atoms with Crippen molar-refractivity contribution >= 4 is 5.91 Å². The molecule has 0 radical (unpaired) electrons. The van der Waals surface area contributed by atoms with Crippen molar-refractivity contribution in [3.8, 4) is 0 Å². The molecular weight excluding hydrogens is 152 g/mol. The number of amides is 1. The number of nitrogens with one attached hydrogen (secondary N) is 1. The van der Waals surface area contributed by atoms with Gasteiger partial charge >= 0.3 is 0 Å². The van der Waals surface area contributed by atoms with Crippen LogP contribution in [0.15, 0.2) is 0 Å². The van der Waals surface area contributed by atoms with Crippen LogP contribution in [0.1, 0.15) is 33.6 Å². The minimum atomic E-state index is 0.0943. The number of carbonyl (C=O) groups is 1. The molecule has 0 aliphatic rings. The Hall–Kier alpha value is -0.570. The van der Waals surface area contributed by atoms with E-state index in [0.717, 1.165) is 12.8 Å². The third-order valence-corrected chi connectivity index (χ3v) is 1.91. The zero-order valence-electron chi connectivity index (χ0n) is 8.26. The fourth-order valence-corrected chi connectivity index (χ4v) is 1.01. The second kappa shape index (κ2) is 6.00. The Morgan fingerprint density at radius 2 is 2.08 bits per heavy atom. The summed E-state index contributed by atoms with van der Waals surface area (Å²) >= 11 is 0. The summed E-state index contributed by atoms with van der Waals surface area (Å²) in [4.78, 5) is 11.3. The maximum Gasteiger partial charge on any atom is 0.223 e. The number of rotatable bonds is 5. The highest BCUT2D eigenvalue weighted by molar-refractivity contribution is 5.78. The summed E-state index contributed by atoms with van der Waals surface area (Å²) in [5, 5.41) is 2.85. The molecule has 0 aromatic heterocycles. The standard InChI is InChI=1S/C9H20N2O/c1-4-5-7(2)9(12)11-8(3)6-10/h7-8H,4-6,10H2,1-3H3,(H,11,12). The molecule has 0 rings (SSSR count). The third-order valence-electron chi connectivity index (χ3n) is 1.91. The first-order valence-corrected chi connectivity index (χ1v) is 4.62. The monoisotopic (exact) mass is 172 g/mol. The van der Waals surface area contributed by atoms with Crippen LogP contribution in [0.25, 0.3) is 0 Å². The van der Waals surface area contributed by atoms with Gasteiger partial charge in [-0.2, -0.15) is 0 Å². The zero-order valence-corrected chi connectivity index (χ0v) is 8.26. The molecule has 12 heavy (non-hydrogen) atoms. The van der Waals surface area contributed by atoms with E-state index in [4.69, 9.17) is 5.73 Å². The van der Waals surface area contributed by atoms with E-state index < -0.39 is 0 Å². The molecule has 2 unspecified atom stereocenters. The van der Waals surface area contributed by atoms with E-state index in [9.17, 15) is 4.79 Å². The van der Waals surface area contributed by atoms with Gasteiger partial charge < -0.3 is 11.1 Å². The van der Waals surface area contributed by atoms with Gasteiger partial charge in [-0.05, 0) is 13.3 Å². The summed E-state index contributed by atoms with van der Waals surface area (Å²) in [5.74, 6) is 0.235. The molecule has 2 atom stereocenters. The molecule has 0 aromatic carbocycles. The molecule has 0 fully saturated rings. The molecule has 0 saturated heterocycles. The van der Waals surface area contributed by atoms with Crippen molar-refractivity contribution in [1.82, 2.24) is 5.32 Å². The zero-order chi connectivity index (χ0) is 9.56. The second-order valence-electron chi connectivity index (χ2n) is 3.34. The number of hydrogen-bond acceptors (Lipinski definition) is 2. The van der Waals surface area contributed by atoms with Gasteiger partial charge in [0.25, 0.3) is 0 Å². The van der Waals surface area contributed by atoms with Gasteiger partial charge in [-0.15, -0.1) is 0 Å². The maximum absolute atomic E-state index is 11.3. The van der Waals surface area contributed by atoms with Crippen LogP contribution >= 0.6 is 0 Å². The highest BCUT2D eigenvalue weighted by atomic mass is 16.1. The Morgan fingerprint density at radius 1 is 1.50 bits per heavy atom. The average molecular weight is 172 g/mol. The maximum atomic E-state index is 11.3. The van der Waals surface area contributed by atoms with Gasteiger partial charge in [0.15, 0.2) is 0 Å². The van der Waals surface area contributed by atoms with Gasteiger partial charge in [-0.25, -0.2) is 0 Å². The largest absolute Gasteiger partial charge is 0.352 e. The fraction of sp³-hybridized carbons (Fsp3) is 0.889. The predicted octanol–water partition coefficient (Wildman–Crippen LogP) is 0.886. The molecular formula is C9H20N2O. The first-order chi connectivity index (χ1) is 5.61. The Morgan fingerprint density at radius 3 is 2.50 bits per heavy atom. The van der Waals surface area contributed by atoms with Crippen molar-refractivity contribution in [1.29, 1.82) is 0 Å². The minimum absolute atomic E-state index is 0.0943. The summed E-state index contributed by atoms with van der Waals surface area (Å²) in [6, 6.07) is 0.0943. The van der Waals surface area contributed by atoms with Gasteiger partial charge in [0.1, 0.15) is 0 Å². The van der Waals surface area contributed by atoms with Crippen LogP contribution in [0.4, 0.5) is 0 Å². The Labute approximate surface area is 74.7 Å². The second-order valence-corrected chi connectivity index (χ2v) is 3.34. The van der Waals surface area contributed by atoms with Crippen LogP contribution in [0.3, 0.4) is 0 Å². The van der Waals surface area contributed by atoms with E-state index in [0.29, 0.717) is 6.54 Å².